The molecule has 0 aliphatic carbocycles. The SMILES string of the molecule is CC(S)=CC(=O)O[SiH3]. The molecule has 0 aliphatic heterocycles. The van der Waals surface area contributed by atoms with E-state index in [0.29, 0.717) is 15.4 Å². The summed E-state index contributed by atoms with van der Waals surface area (Å²) in [5.41, 5.74) is 0. The molecule has 8 heavy (non-hydrogen) atoms. The second kappa shape index (κ2) is 3.74. The van der Waals surface area contributed by atoms with Crippen LogP contribution in [0.15, 0.2) is 11.0 Å². The van der Waals surface area contributed by atoms with E-state index < -0.39 is 0 Å². The van der Waals surface area contributed by atoms with Crippen LogP contribution >= 0.6 is 12.6 Å². The van der Waals surface area contributed by atoms with E-state index in [1.54, 1.807) is 6.92 Å². The van der Waals surface area contributed by atoms with Gasteiger partial charge in [0.1, 0.15) is 0 Å². The lowest BCUT2D eigenvalue weighted by atomic mass is 10.5. The van der Waals surface area contributed by atoms with Crippen LogP contribution in [0.3, 0.4) is 0 Å². The Morgan fingerprint density at radius 1 is 1.88 bits per heavy atom. The summed E-state index contributed by atoms with van der Waals surface area (Å²) < 4.78 is 4.44. The molecule has 0 N–H and O–H groups in total. The van der Waals surface area contributed by atoms with Crippen molar-refractivity contribution in [1.29, 1.82) is 0 Å². The molecule has 0 unspecified atom stereocenters. The van der Waals surface area contributed by atoms with Crippen LogP contribution in [0.4, 0.5) is 0 Å². The lowest BCUT2D eigenvalue weighted by Gasteiger charge is -1.89. The number of hydrogen-bond acceptors (Lipinski definition) is 3. The van der Waals surface area contributed by atoms with Crippen LogP contribution in [-0.2, 0) is 9.22 Å². The molecule has 0 saturated carbocycles. The molecule has 0 aromatic heterocycles. The van der Waals surface area contributed by atoms with Crippen LogP contribution in [0.25, 0.3) is 0 Å². The normalized spacial score (nSPS) is 11.5. The number of rotatable bonds is 1. The minimum absolute atomic E-state index is 0.302. The van der Waals surface area contributed by atoms with E-state index in [2.05, 4.69) is 17.1 Å². The summed E-state index contributed by atoms with van der Waals surface area (Å²) in [5, 5.41) is 0. The van der Waals surface area contributed by atoms with Crippen molar-refractivity contribution in [1.82, 2.24) is 0 Å². The van der Waals surface area contributed by atoms with Crippen LogP contribution in [0.1, 0.15) is 6.92 Å². The summed E-state index contributed by atoms with van der Waals surface area (Å²) in [6.45, 7) is 1.72. The monoisotopic (exact) mass is 148 g/mol. The van der Waals surface area contributed by atoms with Crippen molar-refractivity contribution in [2.45, 2.75) is 6.92 Å². The highest BCUT2D eigenvalue weighted by molar-refractivity contribution is 7.84. The minimum atomic E-state index is -0.302. The lowest BCUT2D eigenvalue weighted by molar-refractivity contribution is -0.128. The van der Waals surface area contributed by atoms with Gasteiger partial charge < -0.3 is 4.43 Å². The summed E-state index contributed by atoms with van der Waals surface area (Å²) in [4.78, 5) is 11.0. The summed E-state index contributed by atoms with van der Waals surface area (Å²) in [7, 11) is 0.450. The molecule has 4 heteroatoms. The Hall–Kier alpha value is -0.223. The molecule has 2 nitrogen and oxygen atoms in total. The van der Waals surface area contributed by atoms with Gasteiger partial charge in [-0.05, 0) is 11.8 Å². The predicted octanol–water partition coefficient (Wildman–Crippen LogP) is -0.356. The largest absolute Gasteiger partial charge is 0.526 e. The topological polar surface area (TPSA) is 26.3 Å². The Labute approximate surface area is 56.9 Å². The molecular weight excluding hydrogens is 140 g/mol. The number of carbonyl (C=O) groups excluding carboxylic acids is 1. The fraction of sp³-hybridized carbons (Fsp3) is 0.250. The van der Waals surface area contributed by atoms with Gasteiger partial charge in [0.05, 0.1) is 0 Å². The fourth-order valence-corrected chi connectivity index (χ4v) is 0.453. The fourth-order valence-electron chi connectivity index (χ4n) is 0.229. The molecule has 0 rings (SSSR count). The van der Waals surface area contributed by atoms with Crippen molar-refractivity contribution >= 4 is 29.1 Å². The highest BCUT2D eigenvalue weighted by Gasteiger charge is 1.89. The summed E-state index contributed by atoms with van der Waals surface area (Å²) in [6.07, 6.45) is 1.34. The third kappa shape index (κ3) is 3.95. The molecule has 0 amide bonds. The second-order valence-corrected chi connectivity index (χ2v) is 2.42. The average molecular weight is 148 g/mol. The van der Waals surface area contributed by atoms with Crippen LogP contribution in [0.2, 0.25) is 0 Å². The zero-order valence-corrected chi connectivity index (χ0v) is 7.74. The van der Waals surface area contributed by atoms with Gasteiger partial charge in [-0.15, -0.1) is 12.6 Å². The smallest absolute Gasteiger partial charge is 0.317 e. The second-order valence-electron chi connectivity index (χ2n) is 1.31. The molecule has 0 atom stereocenters. The van der Waals surface area contributed by atoms with E-state index in [0.717, 1.165) is 0 Å². The quantitative estimate of drug-likeness (QED) is 0.312. The third-order valence-electron chi connectivity index (χ3n) is 0.528. The highest BCUT2D eigenvalue weighted by atomic mass is 32.1. The van der Waals surface area contributed by atoms with Crippen molar-refractivity contribution in [3.8, 4) is 0 Å². The van der Waals surface area contributed by atoms with Gasteiger partial charge in [0, 0.05) is 6.08 Å². The van der Waals surface area contributed by atoms with Gasteiger partial charge in [0.25, 0.3) is 0 Å². The lowest BCUT2D eigenvalue weighted by Crippen LogP contribution is -1.95. The maximum atomic E-state index is 10.3. The maximum Gasteiger partial charge on any atom is 0.317 e. The number of hydrogen-bond donors (Lipinski definition) is 1. The van der Waals surface area contributed by atoms with Crippen LogP contribution in [0, 0.1) is 0 Å². The molecule has 0 aliphatic rings. The van der Waals surface area contributed by atoms with E-state index >= 15 is 0 Å². The molecule has 0 aromatic rings. The van der Waals surface area contributed by atoms with Gasteiger partial charge in [0.2, 0.25) is 10.5 Å². The van der Waals surface area contributed by atoms with Gasteiger partial charge in [-0.2, -0.15) is 0 Å². The Bertz CT molecular complexity index is 117. The maximum absolute atomic E-state index is 10.3. The number of carbonyl (C=O) groups is 1. The van der Waals surface area contributed by atoms with Gasteiger partial charge in [0.15, 0.2) is 0 Å². The van der Waals surface area contributed by atoms with Crippen molar-refractivity contribution in [3.63, 3.8) is 0 Å². The Morgan fingerprint density at radius 2 is 2.38 bits per heavy atom. The molecule has 46 valence electrons. The van der Waals surface area contributed by atoms with Crippen molar-refractivity contribution < 1.29 is 9.22 Å². The van der Waals surface area contributed by atoms with E-state index in [-0.39, 0.29) is 5.97 Å². The first kappa shape index (κ1) is 7.78. The zero-order chi connectivity index (χ0) is 6.57. The van der Waals surface area contributed by atoms with E-state index in [1.807, 2.05) is 0 Å². The van der Waals surface area contributed by atoms with Crippen molar-refractivity contribution in [3.05, 3.63) is 11.0 Å². The molecule has 0 radical (unpaired) electrons. The van der Waals surface area contributed by atoms with Gasteiger partial charge in [-0.3, -0.25) is 0 Å². The minimum Gasteiger partial charge on any atom is -0.526 e. The number of allylic oxidation sites excluding steroid dienone is 1. The molecule has 0 heterocycles. The molecular formula is C4H8O2SSi. The first-order valence-corrected chi connectivity index (χ1v) is 3.38. The molecule has 0 bridgehead atoms. The molecule has 0 fully saturated rings. The highest BCUT2D eigenvalue weighted by Crippen LogP contribution is 1.95. The van der Waals surface area contributed by atoms with Gasteiger partial charge in [-0.25, -0.2) is 4.79 Å². The molecule has 0 spiro atoms. The summed E-state index contributed by atoms with van der Waals surface area (Å²) in [6, 6.07) is 0. The third-order valence-corrected chi connectivity index (χ3v) is 1.06. The zero-order valence-electron chi connectivity index (χ0n) is 4.84. The Balaban J connectivity index is 3.70. The Kier molecular flexibility index (Phi) is 3.64. The Morgan fingerprint density at radius 3 is 2.50 bits per heavy atom. The van der Waals surface area contributed by atoms with Crippen LogP contribution in [0.5, 0.6) is 0 Å². The first-order chi connectivity index (χ1) is 3.66. The van der Waals surface area contributed by atoms with Crippen molar-refractivity contribution in [2.75, 3.05) is 0 Å². The van der Waals surface area contributed by atoms with Crippen LogP contribution in [-0.4, -0.2) is 16.5 Å². The number of thiol groups is 1. The van der Waals surface area contributed by atoms with Gasteiger partial charge in [-0.1, -0.05) is 0 Å². The summed E-state index contributed by atoms with van der Waals surface area (Å²) >= 11 is 3.87. The van der Waals surface area contributed by atoms with Gasteiger partial charge >= 0.3 is 5.97 Å². The summed E-state index contributed by atoms with van der Waals surface area (Å²) in [5.74, 6) is -0.302. The molecule has 0 aromatic carbocycles. The average Bonchev–Trinajstić information content (AvgIpc) is 1.65. The van der Waals surface area contributed by atoms with Crippen LogP contribution < -0.4 is 0 Å². The first-order valence-electron chi connectivity index (χ1n) is 2.12. The van der Waals surface area contributed by atoms with Crippen molar-refractivity contribution in [2.24, 2.45) is 0 Å². The van der Waals surface area contributed by atoms with E-state index in [4.69, 9.17) is 0 Å². The van der Waals surface area contributed by atoms with E-state index in [1.165, 1.54) is 6.08 Å². The predicted molar refractivity (Wildman–Crippen MR) is 38.8 cm³/mol. The standard InChI is InChI=1S/C4H8O2SSi/c1-3(7)2-4(5)6-8/h2,7H,1,8H3. The molecule has 0 saturated heterocycles. The van der Waals surface area contributed by atoms with E-state index in [9.17, 15) is 4.79 Å².